The van der Waals surface area contributed by atoms with Crippen LogP contribution in [0.5, 0.6) is 5.88 Å². The van der Waals surface area contributed by atoms with Crippen molar-refractivity contribution in [1.29, 1.82) is 0 Å². The summed E-state index contributed by atoms with van der Waals surface area (Å²) in [5.74, 6) is -0.771. The van der Waals surface area contributed by atoms with Crippen LogP contribution in [-0.4, -0.2) is 31.6 Å². The number of hydrogen-bond acceptors (Lipinski definition) is 3. The third-order valence-corrected chi connectivity index (χ3v) is 7.22. The van der Waals surface area contributed by atoms with Crippen LogP contribution in [-0.2, 0) is 6.18 Å². The summed E-state index contributed by atoms with van der Waals surface area (Å²) in [4.78, 5) is 31.1. The zero-order chi connectivity index (χ0) is 26.8. The Hall–Kier alpha value is -4.78. The van der Waals surface area contributed by atoms with E-state index < -0.39 is 41.1 Å². The van der Waals surface area contributed by atoms with Crippen molar-refractivity contribution in [3.63, 3.8) is 0 Å². The molecular weight excluding hydrogens is 497 g/mol. The number of halogens is 3. The Balaban J connectivity index is 1.34. The molecule has 1 amide bonds. The summed E-state index contributed by atoms with van der Waals surface area (Å²) >= 11 is 0. The maximum Gasteiger partial charge on any atom is 0.407 e. The van der Waals surface area contributed by atoms with Crippen LogP contribution in [0, 0.1) is 6.57 Å². The molecule has 0 radical (unpaired) electrons. The van der Waals surface area contributed by atoms with Crippen molar-refractivity contribution in [2.45, 2.75) is 24.7 Å². The van der Waals surface area contributed by atoms with Crippen molar-refractivity contribution in [3.05, 3.63) is 112 Å². The zero-order valence-corrected chi connectivity index (χ0v) is 19.7. The summed E-state index contributed by atoms with van der Waals surface area (Å²) in [6.07, 6.45) is -4.38. The van der Waals surface area contributed by atoms with Gasteiger partial charge in [-0.2, -0.15) is 13.2 Å². The molecule has 2 aliphatic rings. The molecule has 1 saturated heterocycles. The molecule has 38 heavy (non-hydrogen) atoms. The summed E-state index contributed by atoms with van der Waals surface area (Å²) in [5.41, 5.74) is -0.0675. The second-order valence-corrected chi connectivity index (χ2v) is 9.31. The molecule has 1 aromatic heterocycles. The molecule has 4 aromatic rings. The van der Waals surface area contributed by atoms with Crippen LogP contribution in [0.15, 0.2) is 77.6 Å². The van der Waals surface area contributed by atoms with Gasteiger partial charge in [0, 0.05) is 12.1 Å². The van der Waals surface area contributed by atoms with Gasteiger partial charge in [0.2, 0.25) is 5.88 Å². The van der Waals surface area contributed by atoms with Gasteiger partial charge >= 0.3 is 11.9 Å². The molecular formula is C28H19F3N4O3. The van der Waals surface area contributed by atoms with E-state index in [-0.39, 0.29) is 23.8 Å². The van der Waals surface area contributed by atoms with E-state index in [4.69, 9.17) is 6.57 Å². The van der Waals surface area contributed by atoms with E-state index in [1.54, 1.807) is 17.0 Å². The van der Waals surface area contributed by atoms with Gasteiger partial charge in [-0.3, -0.25) is 9.36 Å². The number of benzene rings is 3. The topological polar surface area (TPSA) is 71.8 Å². The Kier molecular flexibility index (Phi) is 5.21. The fourth-order valence-corrected chi connectivity index (χ4v) is 5.49. The minimum absolute atomic E-state index is 0.198. The van der Waals surface area contributed by atoms with Gasteiger partial charge in [0.25, 0.3) is 5.91 Å². The first kappa shape index (κ1) is 23.6. The van der Waals surface area contributed by atoms with E-state index in [0.29, 0.717) is 18.1 Å². The highest BCUT2D eigenvalue weighted by atomic mass is 19.4. The molecule has 0 spiro atoms. The molecule has 0 saturated carbocycles. The Labute approximate surface area is 214 Å². The lowest BCUT2D eigenvalue weighted by Crippen LogP contribution is -2.37. The van der Waals surface area contributed by atoms with Gasteiger partial charge < -0.3 is 10.0 Å². The molecule has 1 unspecified atom stereocenters. The predicted octanol–water partition coefficient (Wildman–Crippen LogP) is 5.72. The number of aromatic hydroxyl groups is 1. The second kappa shape index (κ2) is 8.38. The number of aromatic nitrogens is 2. The van der Waals surface area contributed by atoms with Gasteiger partial charge in [-0.25, -0.2) is 14.2 Å². The number of alkyl halides is 3. The van der Waals surface area contributed by atoms with Crippen molar-refractivity contribution in [2.24, 2.45) is 0 Å². The molecule has 3 heterocycles. The van der Waals surface area contributed by atoms with Crippen LogP contribution >= 0.6 is 0 Å². The first-order chi connectivity index (χ1) is 18.2. The number of carbonyl (C=O) groups is 1. The highest BCUT2D eigenvalue weighted by molar-refractivity contribution is 5.95. The summed E-state index contributed by atoms with van der Waals surface area (Å²) in [6, 6.07) is 18.7. The molecule has 1 N–H and O–H groups in total. The minimum Gasteiger partial charge on any atom is -0.493 e. The minimum atomic E-state index is -4.81. The number of carbonyl (C=O) groups excluding carboxylic acids is 1. The Morgan fingerprint density at radius 3 is 2.34 bits per heavy atom. The summed E-state index contributed by atoms with van der Waals surface area (Å²) in [5, 5.41) is 11.0. The number of amides is 1. The molecule has 3 aromatic carbocycles. The molecule has 10 heteroatoms. The molecule has 2 bridgehead atoms. The zero-order valence-electron chi connectivity index (χ0n) is 19.7. The van der Waals surface area contributed by atoms with Crippen LogP contribution in [0.2, 0.25) is 0 Å². The van der Waals surface area contributed by atoms with Crippen LogP contribution in [0.1, 0.15) is 40.1 Å². The van der Waals surface area contributed by atoms with Crippen molar-refractivity contribution < 1.29 is 23.1 Å². The standard InChI is InChI=1S/C28H19F3N4O3/c1-32-22-12-11-19(13-21(22)28(29,30)31)35-26(37)24-23-14-20(34(24)27(35)38)15-33(23)25(36)18-9-7-17(8-10-18)16-5-3-2-4-6-16/h2-13,20,23,37H,14-15H2/t20?,23-/m1/s1. The average molecular weight is 516 g/mol. The van der Waals surface area contributed by atoms with Crippen LogP contribution in [0.4, 0.5) is 18.9 Å². The second-order valence-electron chi connectivity index (χ2n) is 9.31. The van der Waals surface area contributed by atoms with Gasteiger partial charge in [0.15, 0.2) is 5.69 Å². The first-order valence-electron chi connectivity index (χ1n) is 11.8. The van der Waals surface area contributed by atoms with Crippen molar-refractivity contribution in [1.82, 2.24) is 14.0 Å². The van der Waals surface area contributed by atoms with Crippen LogP contribution < -0.4 is 5.69 Å². The Bertz CT molecular complexity index is 1680. The Morgan fingerprint density at radius 1 is 1.00 bits per heavy atom. The maximum atomic E-state index is 13.5. The SMILES string of the molecule is [C-]#[N+]c1ccc(-n2c(O)c3n(c2=O)C2C[C@H]3N(C(=O)c3ccc(-c4ccccc4)cc3)C2)cc1C(F)(F)F. The van der Waals surface area contributed by atoms with Crippen LogP contribution in [0.3, 0.4) is 0 Å². The van der Waals surface area contributed by atoms with Crippen LogP contribution in [0.25, 0.3) is 21.7 Å². The van der Waals surface area contributed by atoms with Crippen molar-refractivity contribution in [3.8, 4) is 22.7 Å². The number of hydrogen-bond donors (Lipinski definition) is 1. The van der Waals surface area contributed by atoms with Crippen molar-refractivity contribution >= 4 is 11.6 Å². The van der Waals surface area contributed by atoms with E-state index in [1.807, 2.05) is 42.5 Å². The summed E-state index contributed by atoms with van der Waals surface area (Å²) < 4.78 is 42.7. The van der Waals surface area contributed by atoms with Gasteiger partial charge in [0.1, 0.15) is 5.69 Å². The monoisotopic (exact) mass is 516 g/mol. The molecule has 7 nitrogen and oxygen atoms in total. The Morgan fingerprint density at radius 2 is 1.68 bits per heavy atom. The highest BCUT2D eigenvalue weighted by Gasteiger charge is 2.49. The molecule has 190 valence electrons. The maximum absolute atomic E-state index is 13.5. The number of likely N-dealkylation sites (tertiary alicyclic amines) is 1. The van der Waals surface area contributed by atoms with E-state index in [1.165, 1.54) is 10.6 Å². The van der Waals surface area contributed by atoms with Gasteiger partial charge in [0.05, 0.1) is 29.9 Å². The normalized spacial score (nSPS) is 17.9. The molecule has 1 fully saturated rings. The van der Waals surface area contributed by atoms with E-state index >= 15 is 0 Å². The quantitative estimate of drug-likeness (QED) is 0.354. The average Bonchev–Trinajstić information content (AvgIpc) is 3.59. The lowest BCUT2D eigenvalue weighted by Gasteiger charge is -2.27. The van der Waals surface area contributed by atoms with E-state index in [0.717, 1.165) is 21.8 Å². The number of nitrogens with zero attached hydrogens (tertiary/aromatic N) is 4. The van der Waals surface area contributed by atoms with Gasteiger partial charge in [-0.15, -0.1) is 0 Å². The third-order valence-electron chi connectivity index (χ3n) is 7.22. The van der Waals surface area contributed by atoms with E-state index in [2.05, 4.69) is 4.85 Å². The first-order valence-corrected chi connectivity index (χ1v) is 11.8. The number of rotatable bonds is 3. The molecule has 0 aliphatic carbocycles. The third kappa shape index (κ3) is 3.50. The largest absolute Gasteiger partial charge is 0.493 e. The fraction of sp³-hybridized carbons (Fsp3) is 0.179. The van der Waals surface area contributed by atoms with Crippen molar-refractivity contribution in [2.75, 3.05) is 6.54 Å². The summed E-state index contributed by atoms with van der Waals surface area (Å²) in [6.45, 7) is 7.26. The molecule has 2 aliphatic heterocycles. The summed E-state index contributed by atoms with van der Waals surface area (Å²) in [7, 11) is 0. The van der Waals surface area contributed by atoms with E-state index in [9.17, 15) is 27.9 Å². The molecule has 6 rings (SSSR count). The number of fused-ring (bicyclic) bond motifs is 5. The number of imidazole rings is 1. The fourth-order valence-electron chi connectivity index (χ4n) is 5.49. The smallest absolute Gasteiger partial charge is 0.407 e. The molecule has 2 atom stereocenters. The predicted molar refractivity (Wildman–Crippen MR) is 132 cm³/mol. The van der Waals surface area contributed by atoms with Gasteiger partial charge in [-0.1, -0.05) is 48.5 Å². The van der Waals surface area contributed by atoms with Gasteiger partial charge in [-0.05, 0) is 41.8 Å². The highest BCUT2D eigenvalue weighted by Crippen LogP contribution is 2.49. The lowest BCUT2D eigenvalue weighted by molar-refractivity contribution is -0.136. The lowest BCUT2D eigenvalue weighted by atomic mass is 10.0.